The number of aliphatic hydroxyl groups excluding tert-OH is 2. The van der Waals surface area contributed by atoms with E-state index >= 15 is 0 Å². The quantitative estimate of drug-likeness (QED) is 0.0913. The molecule has 5 rings (SSSR count). The fourth-order valence-electron chi connectivity index (χ4n) is 3.92. The molecule has 0 spiro atoms. The molecule has 1 aromatic carbocycles. The first-order valence-corrected chi connectivity index (χ1v) is 13.1. The van der Waals surface area contributed by atoms with E-state index in [1.54, 1.807) is 12.4 Å². The van der Waals surface area contributed by atoms with E-state index in [0.717, 1.165) is 16.5 Å². The highest BCUT2D eigenvalue weighted by Crippen LogP contribution is 2.36. The number of nitrogens with one attached hydrogen (secondary N) is 1. The standard InChI is InChI=1S/C21H21ClN7O7P/c22-21-26-18(28-24-7-12-4-1-3-11-5-2-6-23-15(11)12)13-8-25-29(19(13)27-21)20-17(31)16(30)14(36-20)9-35-10-37(32,33)34/h1-8,14,16-17,20,30-31H,9-10H2,(H,26,27,28)(H2,32,33,34)/b24-7+/t14-,16-,17-,20-/m1/s1. The zero-order chi connectivity index (χ0) is 26.2. The van der Waals surface area contributed by atoms with E-state index in [0.29, 0.717) is 5.39 Å². The summed E-state index contributed by atoms with van der Waals surface area (Å²) in [5, 5.41) is 30.6. The summed E-state index contributed by atoms with van der Waals surface area (Å²) >= 11 is 6.13. The van der Waals surface area contributed by atoms with E-state index in [4.69, 9.17) is 30.9 Å². The van der Waals surface area contributed by atoms with Gasteiger partial charge in [-0.2, -0.15) is 20.2 Å². The molecule has 4 heterocycles. The van der Waals surface area contributed by atoms with Crippen molar-refractivity contribution >= 4 is 53.2 Å². The molecule has 14 nitrogen and oxygen atoms in total. The Morgan fingerprint density at radius 3 is 2.84 bits per heavy atom. The molecule has 0 saturated carbocycles. The molecule has 1 fully saturated rings. The van der Waals surface area contributed by atoms with Gasteiger partial charge in [-0.1, -0.05) is 24.3 Å². The van der Waals surface area contributed by atoms with Gasteiger partial charge >= 0.3 is 7.60 Å². The predicted octanol–water partition coefficient (Wildman–Crippen LogP) is 1.24. The Kier molecular flexibility index (Phi) is 7.16. The number of hydrogen-bond donors (Lipinski definition) is 5. The Bertz CT molecular complexity index is 1510. The van der Waals surface area contributed by atoms with Crippen LogP contribution in [-0.2, 0) is 14.0 Å². The minimum atomic E-state index is -4.40. The van der Waals surface area contributed by atoms with Gasteiger partial charge in [0.2, 0.25) is 5.28 Å². The van der Waals surface area contributed by atoms with Crippen molar-refractivity contribution in [2.24, 2.45) is 5.10 Å². The number of pyridine rings is 1. The average Bonchev–Trinajstić information content (AvgIpc) is 3.39. The summed E-state index contributed by atoms with van der Waals surface area (Å²) in [5.74, 6) is 0.236. The lowest BCUT2D eigenvalue weighted by Crippen LogP contribution is -2.34. The summed E-state index contributed by atoms with van der Waals surface area (Å²) in [6.45, 7) is -0.362. The summed E-state index contributed by atoms with van der Waals surface area (Å²) in [6.07, 6.45) is -1.24. The predicted molar refractivity (Wildman–Crippen MR) is 132 cm³/mol. The summed E-state index contributed by atoms with van der Waals surface area (Å²) in [4.78, 5) is 30.6. The van der Waals surface area contributed by atoms with Gasteiger partial charge in [0, 0.05) is 17.1 Å². The van der Waals surface area contributed by atoms with Crippen LogP contribution in [0, 0.1) is 0 Å². The number of halogens is 1. The maximum atomic E-state index is 11.0. The molecule has 16 heteroatoms. The van der Waals surface area contributed by atoms with E-state index in [9.17, 15) is 14.8 Å². The molecule has 0 radical (unpaired) electrons. The van der Waals surface area contributed by atoms with Gasteiger partial charge in [-0.3, -0.25) is 15.0 Å². The van der Waals surface area contributed by atoms with Crippen LogP contribution in [-0.4, -0.2) is 82.2 Å². The molecule has 0 amide bonds. The van der Waals surface area contributed by atoms with E-state index in [1.165, 1.54) is 10.9 Å². The van der Waals surface area contributed by atoms with Crippen molar-refractivity contribution in [3.8, 4) is 0 Å². The van der Waals surface area contributed by atoms with Crippen molar-refractivity contribution in [1.29, 1.82) is 0 Å². The molecule has 4 aromatic rings. The number of benzene rings is 1. The first-order chi connectivity index (χ1) is 17.7. The Balaban J connectivity index is 1.37. The van der Waals surface area contributed by atoms with Gasteiger partial charge in [0.05, 0.1) is 29.9 Å². The van der Waals surface area contributed by atoms with Crippen LogP contribution in [0.4, 0.5) is 5.82 Å². The van der Waals surface area contributed by atoms with Gasteiger partial charge in [0.25, 0.3) is 0 Å². The Morgan fingerprint density at radius 2 is 2.03 bits per heavy atom. The average molecular weight is 550 g/mol. The first-order valence-electron chi connectivity index (χ1n) is 10.9. The zero-order valence-electron chi connectivity index (χ0n) is 18.9. The molecule has 0 aliphatic carbocycles. The Hall–Kier alpha value is -3.07. The molecule has 5 N–H and O–H groups in total. The van der Waals surface area contributed by atoms with E-state index in [2.05, 4.69) is 30.6 Å². The van der Waals surface area contributed by atoms with Crippen molar-refractivity contribution in [2.45, 2.75) is 24.5 Å². The lowest BCUT2D eigenvalue weighted by atomic mass is 10.1. The second kappa shape index (κ2) is 10.4. The van der Waals surface area contributed by atoms with Crippen LogP contribution in [0.5, 0.6) is 0 Å². The molecule has 37 heavy (non-hydrogen) atoms. The first kappa shape index (κ1) is 25.6. The van der Waals surface area contributed by atoms with Crippen molar-refractivity contribution < 1.29 is 34.0 Å². The number of para-hydroxylation sites is 1. The highest BCUT2D eigenvalue weighted by molar-refractivity contribution is 7.51. The number of nitrogens with zero attached hydrogens (tertiary/aromatic N) is 6. The summed E-state index contributed by atoms with van der Waals surface area (Å²) in [7, 11) is -4.40. The minimum absolute atomic E-state index is 0.131. The van der Waals surface area contributed by atoms with Gasteiger partial charge in [-0.05, 0) is 17.7 Å². The molecular formula is C21H21ClN7O7P. The second-order valence-corrected chi connectivity index (χ2v) is 10.1. The number of aromatic nitrogens is 5. The maximum Gasteiger partial charge on any atom is 0.350 e. The summed E-state index contributed by atoms with van der Waals surface area (Å²) in [5.41, 5.74) is 4.57. The lowest BCUT2D eigenvalue weighted by molar-refractivity contribution is -0.0658. The topological polar surface area (TPSA) is 197 Å². The summed E-state index contributed by atoms with van der Waals surface area (Å²) in [6, 6.07) is 9.49. The van der Waals surface area contributed by atoms with Crippen molar-refractivity contribution in [3.63, 3.8) is 0 Å². The second-order valence-electron chi connectivity index (χ2n) is 8.17. The third-order valence-corrected chi connectivity index (χ3v) is 6.27. The minimum Gasteiger partial charge on any atom is -0.387 e. The third kappa shape index (κ3) is 5.46. The van der Waals surface area contributed by atoms with Crippen molar-refractivity contribution in [1.82, 2.24) is 24.7 Å². The number of hydrazone groups is 1. The summed E-state index contributed by atoms with van der Waals surface area (Å²) < 4.78 is 22.8. The van der Waals surface area contributed by atoms with Gasteiger partial charge in [-0.25, -0.2) is 4.68 Å². The van der Waals surface area contributed by atoms with Crippen LogP contribution in [0.2, 0.25) is 5.28 Å². The molecule has 4 atom stereocenters. The van der Waals surface area contributed by atoms with Crippen molar-refractivity contribution in [3.05, 3.63) is 53.6 Å². The maximum absolute atomic E-state index is 11.0. The molecule has 1 saturated heterocycles. The van der Waals surface area contributed by atoms with Crippen LogP contribution in [0.3, 0.4) is 0 Å². The number of anilines is 1. The largest absolute Gasteiger partial charge is 0.387 e. The van der Waals surface area contributed by atoms with Crippen LogP contribution < -0.4 is 5.43 Å². The lowest BCUT2D eigenvalue weighted by Gasteiger charge is -2.16. The smallest absolute Gasteiger partial charge is 0.350 e. The molecule has 1 aliphatic rings. The van der Waals surface area contributed by atoms with E-state index in [-0.39, 0.29) is 23.4 Å². The SMILES string of the molecule is O=P(O)(O)COC[C@H]1O[C@@H](n2ncc3c(N/N=C/c4cccc5cccnc45)nc(Cl)nc32)[C@H](O)[C@@H]1O. The molecule has 3 aromatic heterocycles. The number of ether oxygens (including phenoxy) is 2. The highest BCUT2D eigenvalue weighted by Gasteiger charge is 2.45. The van der Waals surface area contributed by atoms with Crippen LogP contribution in [0.1, 0.15) is 11.8 Å². The zero-order valence-corrected chi connectivity index (χ0v) is 20.5. The third-order valence-electron chi connectivity index (χ3n) is 5.58. The number of rotatable bonds is 8. The van der Waals surface area contributed by atoms with Crippen LogP contribution >= 0.6 is 19.2 Å². The van der Waals surface area contributed by atoms with Crippen LogP contribution in [0.15, 0.2) is 47.8 Å². The molecule has 0 unspecified atom stereocenters. The number of hydrogen-bond acceptors (Lipinski definition) is 11. The van der Waals surface area contributed by atoms with Gasteiger partial charge in [0.15, 0.2) is 17.7 Å². The molecule has 1 aliphatic heterocycles. The van der Waals surface area contributed by atoms with E-state index in [1.807, 2.05) is 30.3 Å². The van der Waals surface area contributed by atoms with Crippen LogP contribution in [0.25, 0.3) is 21.9 Å². The van der Waals surface area contributed by atoms with Gasteiger partial charge in [-0.15, -0.1) is 0 Å². The normalized spacial score (nSPS) is 22.4. The molecule has 194 valence electrons. The fourth-order valence-corrected chi connectivity index (χ4v) is 4.43. The molecule has 0 bridgehead atoms. The van der Waals surface area contributed by atoms with E-state index < -0.39 is 38.5 Å². The van der Waals surface area contributed by atoms with Gasteiger partial charge < -0.3 is 29.5 Å². The van der Waals surface area contributed by atoms with Gasteiger partial charge in [0.1, 0.15) is 24.7 Å². The Labute approximate surface area is 213 Å². The van der Waals surface area contributed by atoms with Crippen molar-refractivity contribution in [2.75, 3.05) is 18.4 Å². The fraction of sp³-hybridized carbons (Fsp3) is 0.286. The number of fused-ring (bicyclic) bond motifs is 2. The monoisotopic (exact) mass is 549 g/mol. The number of aliphatic hydroxyl groups is 2. The highest BCUT2D eigenvalue weighted by atomic mass is 35.5. The molecular weight excluding hydrogens is 529 g/mol. The Morgan fingerprint density at radius 1 is 1.22 bits per heavy atom.